The Bertz CT molecular complexity index is 1220. The fourth-order valence-corrected chi connectivity index (χ4v) is 3.41. The highest BCUT2D eigenvalue weighted by molar-refractivity contribution is 6.31. The van der Waals surface area contributed by atoms with E-state index in [-0.39, 0.29) is 5.69 Å². The Morgan fingerprint density at radius 3 is 2.19 bits per heavy atom. The summed E-state index contributed by atoms with van der Waals surface area (Å²) < 4.78 is 3.53. The van der Waals surface area contributed by atoms with Crippen LogP contribution in [-0.2, 0) is 0 Å². The number of rotatable bonds is 0. The van der Waals surface area contributed by atoms with E-state index >= 15 is 0 Å². The van der Waals surface area contributed by atoms with E-state index in [1.54, 1.807) is 8.80 Å². The molecule has 0 N–H and O–H groups in total. The molecule has 100 valence electrons. The van der Waals surface area contributed by atoms with E-state index in [0.717, 1.165) is 32.8 Å². The Labute approximate surface area is 123 Å². The minimum atomic E-state index is -0.0291. The number of hydrogen-bond acceptors (Lipinski definition) is 1. The van der Waals surface area contributed by atoms with Crippen LogP contribution in [0.3, 0.4) is 0 Å². The van der Waals surface area contributed by atoms with Crippen LogP contribution < -0.4 is 5.69 Å². The third-order valence-corrected chi connectivity index (χ3v) is 4.35. The van der Waals surface area contributed by atoms with Crippen LogP contribution in [0.5, 0.6) is 0 Å². The van der Waals surface area contributed by atoms with Gasteiger partial charge in [0.1, 0.15) is 0 Å². The van der Waals surface area contributed by atoms with Crippen LogP contribution in [-0.4, -0.2) is 8.80 Å². The highest BCUT2D eigenvalue weighted by Crippen LogP contribution is 2.28. The molecule has 0 saturated carbocycles. The summed E-state index contributed by atoms with van der Waals surface area (Å²) in [6, 6.07) is 17.6. The third kappa shape index (κ3) is 1.27. The molecule has 0 radical (unpaired) electrons. The number of imidazole rings is 1. The number of fused-ring (bicyclic) bond motifs is 7. The number of nitrogens with zero attached hydrogens (tertiary/aromatic N) is 2. The summed E-state index contributed by atoms with van der Waals surface area (Å²) in [4.78, 5) is 12.8. The first-order valence-electron chi connectivity index (χ1n) is 6.70. The average Bonchev–Trinajstić information content (AvgIpc) is 3.09. The van der Waals surface area contributed by atoms with Gasteiger partial charge in [0.05, 0.1) is 22.1 Å². The van der Waals surface area contributed by atoms with Gasteiger partial charge in [0.25, 0.3) is 0 Å². The smallest absolute Gasteiger partial charge is 0.260 e. The first-order valence-corrected chi connectivity index (χ1v) is 7.08. The molecule has 21 heavy (non-hydrogen) atoms. The van der Waals surface area contributed by atoms with Crippen LogP contribution in [0.15, 0.2) is 59.4 Å². The molecule has 5 rings (SSSR count). The van der Waals surface area contributed by atoms with Crippen molar-refractivity contribution in [2.45, 2.75) is 0 Å². The van der Waals surface area contributed by atoms with Gasteiger partial charge in [-0.3, -0.25) is 8.80 Å². The van der Waals surface area contributed by atoms with Gasteiger partial charge in [0.15, 0.2) is 0 Å². The predicted molar refractivity (Wildman–Crippen MR) is 85.8 cm³/mol. The number of halogens is 1. The fraction of sp³-hybridized carbons (Fsp3) is 0. The van der Waals surface area contributed by atoms with Crippen molar-refractivity contribution >= 4 is 44.4 Å². The highest BCUT2D eigenvalue weighted by Gasteiger charge is 2.16. The molecule has 3 aromatic heterocycles. The zero-order valence-corrected chi connectivity index (χ0v) is 11.6. The summed E-state index contributed by atoms with van der Waals surface area (Å²) in [6.07, 6.45) is 0. The van der Waals surface area contributed by atoms with Crippen molar-refractivity contribution in [1.29, 1.82) is 0 Å². The summed E-state index contributed by atoms with van der Waals surface area (Å²) in [5, 5.41) is 2.75. The lowest BCUT2D eigenvalue weighted by atomic mass is 10.2. The summed E-state index contributed by atoms with van der Waals surface area (Å²) >= 11 is 6.04. The summed E-state index contributed by atoms with van der Waals surface area (Å²) in [6.45, 7) is 0. The Hall–Kier alpha value is -2.52. The molecule has 0 atom stereocenters. The topological polar surface area (TPSA) is 25.9 Å². The zero-order chi connectivity index (χ0) is 14.1. The zero-order valence-electron chi connectivity index (χ0n) is 10.9. The quantitative estimate of drug-likeness (QED) is 0.424. The van der Waals surface area contributed by atoms with Crippen LogP contribution in [0.25, 0.3) is 32.8 Å². The SMILES string of the molecule is O=c1n2c3ccccc3cc2c2cc3cc(Cl)ccc3n12. The van der Waals surface area contributed by atoms with Crippen molar-refractivity contribution in [2.24, 2.45) is 0 Å². The standard InChI is InChI=1S/C17H9ClN2O/c18-12-5-6-14-11(7-12)9-16-15-8-10-3-1-2-4-13(10)19(15)17(21)20(14)16/h1-9H. The van der Waals surface area contributed by atoms with Gasteiger partial charge in [-0.05, 0) is 36.4 Å². The van der Waals surface area contributed by atoms with E-state index in [2.05, 4.69) is 6.07 Å². The second kappa shape index (κ2) is 3.57. The van der Waals surface area contributed by atoms with Gasteiger partial charge in [-0.25, -0.2) is 4.79 Å². The summed E-state index contributed by atoms with van der Waals surface area (Å²) in [5.41, 5.74) is 3.68. The molecule has 0 fully saturated rings. The monoisotopic (exact) mass is 292 g/mol. The fourth-order valence-electron chi connectivity index (χ4n) is 3.23. The van der Waals surface area contributed by atoms with E-state index in [4.69, 9.17) is 11.6 Å². The molecule has 0 amide bonds. The van der Waals surface area contributed by atoms with Gasteiger partial charge >= 0.3 is 5.69 Å². The molecular weight excluding hydrogens is 284 g/mol. The van der Waals surface area contributed by atoms with Gasteiger partial charge in [-0.1, -0.05) is 29.8 Å². The molecular formula is C17H9ClN2O. The van der Waals surface area contributed by atoms with E-state index in [1.165, 1.54) is 0 Å². The lowest BCUT2D eigenvalue weighted by Crippen LogP contribution is -2.13. The number of aromatic nitrogens is 2. The van der Waals surface area contributed by atoms with Crippen molar-refractivity contribution in [1.82, 2.24) is 8.80 Å². The second-order valence-electron chi connectivity index (χ2n) is 5.27. The highest BCUT2D eigenvalue weighted by atomic mass is 35.5. The predicted octanol–water partition coefficient (Wildman–Crippen LogP) is 3.95. The third-order valence-electron chi connectivity index (χ3n) is 4.12. The normalized spacial score (nSPS) is 12.2. The first kappa shape index (κ1) is 11.2. The van der Waals surface area contributed by atoms with Gasteiger partial charge in [0, 0.05) is 15.8 Å². The van der Waals surface area contributed by atoms with Crippen LogP contribution in [0.4, 0.5) is 0 Å². The molecule has 0 aliphatic rings. The van der Waals surface area contributed by atoms with E-state index in [0.29, 0.717) is 5.02 Å². The Balaban J connectivity index is 2.13. The molecule has 0 aliphatic carbocycles. The second-order valence-corrected chi connectivity index (χ2v) is 5.71. The van der Waals surface area contributed by atoms with E-state index in [9.17, 15) is 4.79 Å². The van der Waals surface area contributed by atoms with Crippen molar-refractivity contribution in [3.63, 3.8) is 0 Å². The lowest BCUT2D eigenvalue weighted by molar-refractivity contribution is 1.06. The summed E-state index contributed by atoms with van der Waals surface area (Å²) in [5.74, 6) is 0. The molecule has 0 saturated heterocycles. The van der Waals surface area contributed by atoms with Gasteiger partial charge in [-0.15, -0.1) is 0 Å². The molecule has 0 aliphatic heterocycles. The minimum Gasteiger partial charge on any atom is -0.260 e. The Morgan fingerprint density at radius 2 is 1.38 bits per heavy atom. The molecule has 0 bridgehead atoms. The van der Waals surface area contributed by atoms with Crippen LogP contribution in [0.2, 0.25) is 5.02 Å². The van der Waals surface area contributed by atoms with Crippen molar-refractivity contribution in [3.05, 3.63) is 70.1 Å². The number of hydrogen-bond donors (Lipinski definition) is 0. The number of benzene rings is 2. The molecule has 4 heteroatoms. The largest absolute Gasteiger partial charge is 0.338 e. The Kier molecular flexibility index (Phi) is 1.90. The molecule has 3 nitrogen and oxygen atoms in total. The molecule has 5 aromatic rings. The molecule has 3 heterocycles. The maximum absolute atomic E-state index is 12.8. The average molecular weight is 293 g/mol. The van der Waals surface area contributed by atoms with Gasteiger partial charge in [0.2, 0.25) is 0 Å². The van der Waals surface area contributed by atoms with Gasteiger partial charge in [-0.2, -0.15) is 0 Å². The Morgan fingerprint density at radius 1 is 0.714 bits per heavy atom. The van der Waals surface area contributed by atoms with Crippen molar-refractivity contribution in [3.8, 4) is 0 Å². The van der Waals surface area contributed by atoms with Crippen molar-refractivity contribution in [2.75, 3.05) is 0 Å². The van der Waals surface area contributed by atoms with Crippen LogP contribution in [0, 0.1) is 0 Å². The molecule has 0 unspecified atom stereocenters. The minimum absolute atomic E-state index is 0.0291. The first-order chi connectivity index (χ1) is 10.2. The molecule has 2 aromatic carbocycles. The van der Waals surface area contributed by atoms with Crippen LogP contribution in [0.1, 0.15) is 0 Å². The summed E-state index contributed by atoms with van der Waals surface area (Å²) in [7, 11) is 0. The van der Waals surface area contributed by atoms with Crippen LogP contribution >= 0.6 is 11.6 Å². The van der Waals surface area contributed by atoms with E-state index in [1.807, 2.05) is 48.5 Å². The molecule has 0 spiro atoms. The maximum Gasteiger partial charge on any atom is 0.338 e. The number of para-hydroxylation sites is 1. The maximum atomic E-state index is 12.8. The van der Waals surface area contributed by atoms with E-state index < -0.39 is 0 Å². The lowest BCUT2D eigenvalue weighted by Gasteiger charge is -1.93. The van der Waals surface area contributed by atoms with Gasteiger partial charge < -0.3 is 0 Å². The van der Waals surface area contributed by atoms with Crippen molar-refractivity contribution < 1.29 is 0 Å².